The lowest BCUT2D eigenvalue weighted by Gasteiger charge is -2.21. The van der Waals surface area contributed by atoms with Gasteiger partial charge >= 0.3 is 0 Å². The lowest BCUT2D eigenvalue weighted by molar-refractivity contribution is 0.477. The van der Waals surface area contributed by atoms with Gasteiger partial charge in [-0.05, 0) is 38.1 Å². The number of anilines is 1. The summed E-state index contributed by atoms with van der Waals surface area (Å²) in [4.78, 5) is 6.78. The van der Waals surface area contributed by atoms with Gasteiger partial charge in [0.25, 0.3) is 0 Å². The highest BCUT2D eigenvalue weighted by Gasteiger charge is 2.15. The molecule has 2 aromatic carbocycles. The van der Waals surface area contributed by atoms with Crippen LogP contribution in [0.25, 0.3) is 0 Å². The number of allylic oxidation sites excluding steroid dienone is 2. The molecule has 0 radical (unpaired) electrons. The third-order valence-corrected chi connectivity index (χ3v) is 4.23. The maximum Gasteiger partial charge on any atom is 0.143 e. The van der Waals surface area contributed by atoms with E-state index in [1.165, 1.54) is 0 Å². The summed E-state index contributed by atoms with van der Waals surface area (Å²) in [5.41, 5.74) is 4.53. The van der Waals surface area contributed by atoms with E-state index in [0.29, 0.717) is 11.4 Å². The van der Waals surface area contributed by atoms with Crippen molar-refractivity contribution in [2.75, 3.05) is 18.0 Å². The van der Waals surface area contributed by atoms with Crippen LogP contribution in [0.3, 0.4) is 0 Å². The Labute approximate surface area is 142 Å². The fourth-order valence-corrected chi connectivity index (χ4v) is 2.90. The molecular formula is C20H21N3O. The van der Waals surface area contributed by atoms with Gasteiger partial charge in [0.15, 0.2) is 0 Å². The third-order valence-electron chi connectivity index (χ3n) is 4.23. The minimum Gasteiger partial charge on any atom is -0.506 e. The van der Waals surface area contributed by atoms with Crippen molar-refractivity contribution in [2.45, 2.75) is 13.8 Å². The summed E-state index contributed by atoms with van der Waals surface area (Å²) in [7, 11) is 0. The second-order valence-corrected chi connectivity index (χ2v) is 5.63. The standard InChI is InChI=1S/C20H21N3O/c1-3-23(4-2)14-9-11-19(20(24)13-14)22-18-12-10-17(21)15-7-5-6-8-16(15)18/h5-13,21,24H,3-4H2,1-2H3. The van der Waals surface area contributed by atoms with Gasteiger partial charge in [0.2, 0.25) is 0 Å². The van der Waals surface area contributed by atoms with Crippen LogP contribution in [0.1, 0.15) is 25.0 Å². The zero-order valence-electron chi connectivity index (χ0n) is 14.0. The molecule has 1 aliphatic carbocycles. The average molecular weight is 319 g/mol. The van der Waals surface area contributed by atoms with Crippen LogP contribution in [0.15, 0.2) is 59.6 Å². The van der Waals surface area contributed by atoms with Crippen molar-refractivity contribution >= 4 is 22.8 Å². The van der Waals surface area contributed by atoms with Crippen molar-refractivity contribution in [3.63, 3.8) is 0 Å². The first kappa shape index (κ1) is 16.0. The van der Waals surface area contributed by atoms with Crippen molar-refractivity contribution in [3.8, 4) is 5.75 Å². The normalized spacial score (nSPS) is 14.8. The van der Waals surface area contributed by atoms with Gasteiger partial charge in [-0.3, -0.25) is 0 Å². The fraction of sp³-hybridized carbons (Fsp3) is 0.200. The molecule has 2 N–H and O–H groups in total. The molecule has 0 aromatic heterocycles. The molecule has 0 fully saturated rings. The van der Waals surface area contributed by atoms with Gasteiger partial charge in [0, 0.05) is 36.0 Å². The molecule has 1 aliphatic rings. The second kappa shape index (κ2) is 6.71. The topological polar surface area (TPSA) is 59.7 Å². The number of hydrogen-bond acceptors (Lipinski definition) is 4. The maximum absolute atomic E-state index is 10.4. The Kier molecular flexibility index (Phi) is 4.47. The summed E-state index contributed by atoms with van der Waals surface area (Å²) in [6, 6.07) is 13.3. The summed E-state index contributed by atoms with van der Waals surface area (Å²) >= 11 is 0. The molecule has 0 saturated heterocycles. The van der Waals surface area contributed by atoms with E-state index in [9.17, 15) is 5.11 Å². The Balaban J connectivity index is 2.00. The van der Waals surface area contributed by atoms with E-state index in [1.807, 2.05) is 42.5 Å². The fourth-order valence-electron chi connectivity index (χ4n) is 2.90. The first-order valence-electron chi connectivity index (χ1n) is 8.17. The summed E-state index contributed by atoms with van der Waals surface area (Å²) in [6.45, 7) is 5.96. The van der Waals surface area contributed by atoms with Gasteiger partial charge in [0.05, 0.1) is 11.4 Å². The average Bonchev–Trinajstić information content (AvgIpc) is 2.60. The van der Waals surface area contributed by atoms with Gasteiger partial charge in [-0.25, -0.2) is 4.99 Å². The quantitative estimate of drug-likeness (QED) is 0.883. The molecule has 4 heteroatoms. The Bertz CT molecular complexity index is 833. The Morgan fingerprint density at radius 3 is 2.38 bits per heavy atom. The van der Waals surface area contributed by atoms with Gasteiger partial charge in [-0.15, -0.1) is 0 Å². The van der Waals surface area contributed by atoms with Crippen molar-refractivity contribution in [3.05, 3.63) is 65.7 Å². The van der Waals surface area contributed by atoms with Crippen molar-refractivity contribution in [1.29, 1.82) is 5.41 Å². The van der Waals surface area contributed by atoms with Gasteiger partial charge in [-0.1, -0.05) is 24.3 Å². The molecule has 122 valence electrons. The SMILES string of the molecule is CCN(CC)c1ccc(N=C2C=CC(=N)c3ccccc32)c(O)c1. The highest BCUT2D eigenvalue weighted by atomic mass is 16.3. The van der Waals surface area contributed by atoms with E-state index < -0.39 is 0 Å². The zero-order valence-corrected chi connectivity index (χ0v) is 14.0. The monoisotopic (exact) mass is 319 g/mol. The van der Waals surface area contributed by atoms with Crippen molar-refractivity contribution in [1.82, 2.24) is 0 Å². The maximum atomic E-state index is 10.4. The number of hydrogen-bond donors (Lipinski definition) is 2. The van der Waals surface area contributed by atoms with Crippen molar-refractivity contribution < 1.29 is 5.11 Å². The van der Waals surface area contributed by atoms with E-state index >= 15 is 0 Å². The summed E-state index contributed by atoms with van der Waals surface area (Å²) in [5, 5.41) is 18.4. The van der Waals surface area contributed by atoms with E-state index in [2.05, 4.69) is 23.7 Å². The van der Waals surface area contributed by atoms with Crippen LogP contribution in [0.2, 0.25) is 0 Å². The highest BCUT2D eigenvalue weighted by molar-refractivity contribution is 6.25. The molecule has 4 nitrogen and oxygen atoms in total. The molecule has 0 saturated carbocycles. The van der Waals surface area contributed by atoms with Crippen LogP contribution in [0.5, 0.6) is 5.75 Å². The van der Waals surface area contributed by atoms with Crippen LogP contribution < -0.4 is 4.90 Å². The van der Waals surface area contributed by atoms with E-state index in [1.54, 1.807) is 12.1 Å². The molecule has 0 unspecified atom stereocenters. The summed E-state index contributed by atoms with van der Waals surface area (Å²) in [6.07, 6.45) is 3.56. The number of aromatic hydroxyl groups is 1. The molecule has 3 rings (SSSR count). The number of benzene rings is 2. The van der Waals surface area contributed by atoms with Gasteiger partial charge < -0.3 is 15.4 Å². The smallest absolute Gasteiger partial charge is 0.143 e. The molecule has 0 spiro atoms. The van der Waals surface area contributed by atoms with Crippen LogP contribution in [-0.4, -0.2) is 29.6 Å². The number of phenolic OH excluding ortho intramolecular Hbond substituents is 1. The number of phenols is 1. The molecule has 0 amide bonds. The lowest BCUT2D eigenvalue weighted by Crippen LogP contribution is -2.21. The number of fused-ring (bicyclic) bond motifs is 1. The zero-order chi connectivity index (χ0) is 17.1. The van der Waals surface area contributed by atoms with E-state index in [-0.39, 0.29) is 5.75 Å². The number of rotatable bonds is 4. The minimum atomic E-state index is 0.165. The van der Waals surface area contributed by atoms with E-state index in [0.717, 1.165) is 35.6 Å². The van der Waals surface area contributed by atoms with Crippen LogP contribution in [0, 0.1) is 5.41 Å². The van der Waals surface area contributed by atoms with E-state index in [4.69, 9.17) is 5.41 Å². The molecule has 0 aliphatic heterocycles. The predicted octanol–water partition coefficient (Wildman–Crippen LogP) is 4.30. The molecule has 0 bridgehead atoms. The Morgan fingerprint density at radius 1 is 1.00 bits per heavy atom. The Hall–Kier alpha value is -2.88. The highest BCUT2D eigenvalue weighted by Crippen LogP contribution is 2.32. The van der Waals surface area contributed by atoms with Crippen LogP contribution in [0.4, 0.5) is 11.4 Å². The first-order chi connectivity index (χ1) is 11.6. The third kappa shape index (κ3) is 2.95. The summed E-state index contributed by atoms with van der Waals surface area (Å²) in [5.74, 6) is 0.165. The number of nitrogens with one attached hydrogen (secondary N) is 1. The first-order valence-corrected chi connectivity index (χ1v) is 8.17. The van der Waals surface area contributed by atoms with Crippen molar-refractivity contribution in [2.24, 2.45) is 4.99 Å². The molecule has 0 atom stereocenters. The van der Waals surface area contributed by atoms with Gasteiger partial charge in [0.1, 0.15) is 11.4 Å². The largest absolute Gasteiger partial charge is 0.506 e. The molecule has 24 heavy (non-hydrogen) atoms. The second-order valence-electron chi connectivity index (χ2n) is 5.63. The molecule has 2 aromatic rings. The van der Waals surface area contributed by atoms with Crippen LogP contribution >= 0.6 is 0 Å². The Morgan fingerprint density at radius 2 is 1.71 bits per heavy atom. The van der Waals surface area contributed by atoms with Crippen LogP contribution in [-0.2, 0) is 0 Å². The lowest BCUT2D eigenvalue weighted by atomic mass is 9.94. The predicted molar refractivity (Wildman–Crippen MR) is 100 cm³/mol. The minimum absolute atomic E-state index is 0.165. The number of aliphatic imine (C=N–C) groups is 1. The molecular weight excluding hydrogens is 298 g/mol. The number of nitrogens with zero attached hydrogens (tertiary/aromatic N) is 2. The van der Waals surface area contributed by atoms with Gasteiger partial charge in [-0.2, -0.15) is 0 Å². The molecule has 0 heterocycles. The summed E-state index contributed by atoms with van der Waals surface area (Å²) < 4.78 is 0.